The van der Waals surface area contributed by atoms with Crippen molar-refractivity contribution in [3.63, 3.8) is 0 Å². The van der Waals surface area contributed by atoms with Crippen LogP contribution in [-0.4, -0.2) is 24.9 Å². The van der Waals surface area contributed by atoms with Crippen LogP contribution in [0.1, 0.15) is 12.8 Å². The summed E-state index contributed by atoms with van der Waals surface area (Å²) in [6, 6.07) is 10.0. The lowest BCUT2D eigenvalue weighted by atomic mass is 10.2. The van der Waals surface area contributed by atoms with Gasteiger partial charge in [0.1, 0.15) is 5.82 Å². The van der Waals surface area contributed by atoms with Gasteiger partial charge in [0.2, 0.25) is 11.7 Å². The quantitative estimate of drug-likeness (QED) is 0.454. The van der Waals surface area contributed by atoms with Crippen LogP contribution in [0.3, 0.4) is 0 Å². The minimum atomic E-state index is -0.298. The van der Waals surface area contributed by atoms with E-state index in [4.69, 9.17) is 4.52 Å². The van der Waals surface area contributed by atoms with Gasteiger partial charge in [0.05, 0.1) is 10.6 Å². The van der Waals surface area contributed by atoms with Crippen molar-refractivity contribution in [1.29, 1.82) is 0 Å². The molecule has 0 radical (unpaired) electrons. The van der Waals surface area contributed by atoms with Gasteiger partial charge in [0, 0.05) is 12.1 Å². The van der Waals surface area contributed by atoms with E-state index in [1.807, 2.05) is 17.5 Å². The molecule has 0 saturated heterocycles. The van der Waals surface area contributed by atoms with Crippen LogP contribution in [0, 0.1) is 5.82 Å². The predicted molar refractivity (Wildman–Crippen MR) is 98.3 cm³/mol. The topological polar surface area (TPSA) is 69.6 Å². The molecule has 0 N–H and O–H groups in total. The number of thioether (sulfide) groups is 1. The second-order valence-electron chi connectivity index (χ2n) is 5.34. The predicted octanol–water partition coefficient (Wildman–Crippen LogP) is 4.51. The van der Waals surface area contributed by atoms with Crippen LogP contribution in [0.2, 0.25) is 0 Å². The number of hydrogen-bond acceptors (Lipinski definition) is 7. The fraction of sp³-hybridized carbons (Fsp3) is 0.176. The SMILES string of the molecule is CCn1c(SCc2nc(-c3ccc(F)cc3)no2)nnc1-c1cccs1. The standard InChI is InChI=1S/C17H14FN5OS2/c1-2-23-16(13-4-3-9-25-13)20-21-17(23)26-10-14-19-15(22-24-14)11-5-7-12(18)8-6-11/h3-9H,2,10H2,1H3. The molecule has 9 heteroatoms. The molecule has 26 heavy (non-hydrogen) atoms. The molecule has 0 atom stereocenters. The Bertz CT molecular complexity index is 995. The van der Waals surface area contributed by atoms with Crippen LogP contribution in [0.15, 0.2) is 51.5 Å². The van der Waals surface area contributed by atoms with Crippen molar-refractivity contribution in [1.82, 2.24) is 24.9 Å². The lowest BCUT2D eigenvalue weighted by molar-refractivity contribution is 0.391. The molecule has 3 aromatic heterocycles. The Morgan fingerprint density at radius 3 is 2.77 bits per heavy atom. The summed E-state index contributed by atoms with van der Waals surface area (Å²) in [4.78, 5) is 5.45. The lowest BCUT2D eigenvalue weighted by Gasteiger charge is -2.04. The van der Waals surface area contributed by atoms with E-state index in [1.165, 1.54) is 23.9 Å². The summed E-state index contributed by atoms with van der Waals surface area (Å²) in [5.74, 6) is 1.97. The normalized spacial score (nSPS) is 11.2. The number of nitrogens with zero attached hydrogens (tertiary/aromatic N) is 5. The highest BCUT2D eigenvalue weighted by atomic mass is 32.2. The molecule has 4 aromatic rings. The van der Waals surface area contributed by atoms with Gasteiger partial charge >= 0.3 is 0 Å². The summed E-state index contributed by atoms with van der Waals surface area (Å²) in [5, 5.41) is 15.4. The van der Waals surface area contributed by atoms with E-state index in [0.717, 1.165) is 22.4 Å². The molecule has 1 aromatic carbocycles. The highest BCUT2D eigenvalue weighted by molar-refractivity contribution is 7.98. The van der Waals surface area contributed by atoms with Gasteiger partial charge in [-0.05, 0) is 42.6 Å². The van der Waals surface area contributed by atoms with E-state index < -0.39 is 0 Å². The lowest BCUT2D eigenvalue weighted by Crippen LogP contribution is -1.99. The molecule has 6 nitrogen and oxygen atoms in total. The van der Waals surface area contributed by atoms with Gasteiger partial charge in [-0.2, -0.15) is 4.98 Å². The van der Waals surface area contributed by atoms with E-state index in [0.29, 0.717) is 23.0 Å². The molecule has 0 aliphatic heterocycles. The summed E-state index contributed by atoms with van der Waals surface area (Å²) in [6.45, 7) is 2.83. The monoisotopic (exact) mass is 387 g/mol. The van der Waals surface area contributed by atoms with Gasteiger partial charge in [-0.3, -0.25) is 0 Å². The first-order valence-corrected chi connectivity index (χ1v) is 9.79. The molecule has 0 amide bonds. The smallest absolute Gasteiger partial charge is 0.237 e. The molecule has 0 fully saturated rings. The van der Waals surface area contributed by atoms with Gasteiger partial charge < -0.3 is 9.09 Å². The van der Waals surface area contributed by atoms with Crippen molar-refractivity contribution >= 4 is 23.1 Å². The molecule has 0 spiro atoms. The Balaban J connectivity index is 1.49. The number of hydrogen-bond donors (Lipinski definition) is 0. The van der Waals surface area contributed by atoms with E-state index in [-0.39, 0.29) is 5.82 Å². The van der Waals surface area contributed by atoms with Crippen molar-refractivity contribution in [3.05, 3.63) is 53.5 Å². The van der Waals surface area contributed by atoms with Gasteiger partial charge in [-0.15, -0.1) is 21.5 Å². The highest BCUT2D eigenvalue weighted by Crippen LogP contribution is 2.28. The van der Waals surface area contributed by atoms with Crippen LogP contribution in [0.25, 0.3) is 22.1 Å². The Labute approximate surface area is 157 Å². The number of benzene rings is 1. The van der Waals surface area contributed by atoms with Gasteiger partial charge in [-0.25, -0.2) is 4.39 Å². The molecular formula is C17H14FN5OS2. The van der Waals surface area contributed by atoms with Crippen LogP contribution < -0.4 is 0 Å². The summed E-state index contributed by atoms with van der Waals surface area (Å²) < 4.78 is 20.4. The van der Waals surface area contributed by atoms with Crippen molar-refractivity contribution in [2.75, 3.05) is 0 Å². The number of thiophene rings is 1. The van der Waals surface area contributed by atoms with Crippen molar-refractivity contribution in [3.8, 4) is 22.1 Å². The zero-order chi connectivity index (χ0) is 17.9. The first-order valence-electron chi connectivity index (χ1n) is 7.93. The molecular weight excluding hydrogens is 373 g/mol. The van der Waals surface area contributed by atoms with Gasteiger partial charge in [0.25, 0.3) is 0 Å². The average Bonchev–Trinajstić information content (AvgIpc) is 3.40. The minimum absolute atomic E-state index is 0.298. The minimum Gasteiger partial charge on any atom is -0.338 e. The van der Waals surface area contributed by atoms with Gasteiger partial charge in [-0.1, -0.05) is 23.0 Å². The first-order chi connectivity index (χ1) is 12.7. The third-order valence-electron chi connectivity index (χ3n) is 3.67. The Hall–Kier alpha value is -2.52. The second-order valence-corrected chi connectivity index (χ2v) is 7.23. The summed E-state index contributed by atoms with van der Waals surface area (Å²) in [5.41, 5.74) is 0.711. The van der Waals surface area contributed by atoms with Crippen molar-refractivity contribution in [2.24, 2.45) is 0 Å². The Morgan fingerprint density at radius 1 is 1.19 bits per heavy atom. The second kappa shape index (κ2) is 7.38. The number of rotatable bonds is 6. The van der Waals surface area contributed by atoms with Gasteiger partial charge in [0.15, 0.2) is 11.0 Å². The molecule has 0 aliphatic carbocycles. The molecule has 0 aliphatic rings. The molecule has 0 bridgehead atoms. The van der Waals surface area contributed by atoms with E-state index in [9.17, 15) is 4.39 Å². The van der Waals surface area contributed by atoms with Crippen molar-refractivity contribution < 1.29 is 8.91 Å². The zero-order valence-electron chi connectivity index (χ0n) is 13.8. The number of aromatic nitrogens is 5. The summed E-state index contributed by atoms with van der Waals surface area (Å²) >= 11 is 3.13. The average molecular weight is 387 g/mol. The van der Waals surface area contributed by atoms with Crippen LogP contribution in [-0.2, 0) is 12.3 Å². The molecule has 132 valence electrons. The largest absolute Gasteiger partial charge is 0.338 e. The molecule has 0 unspecified atom stereocenters. The summed E-state index contributed by atoms with van der Waals surface area (Å²) in [6.07, 6.45) is 0. The highest BCUT2D eigenvalue weighted by Gasteiger charge is 2.16. The maximum absolute atomic E-state index is 13.0. The fourth-order valence-corrected chi connectivity index (χ4v) is 3.98. The third kappa shape index (κ3) is 3.40. The van der Waals surface area contributed by atoms with E-state index >= 15 is 0 Å². The summed E-state index contributed by atoms with van der Waals surface area (Å²) in [7, 11) is 0. The Morgan fingerprint density at radius 2 is 2.04 bits per heavy atom. The maximum atomic E-state index is 13.0. The third-order valence-corrected chi connectivity index (χ3v) is 5.49. The number of halogens is 1. The van der Waals surface area contributed by atoms with Crippen LogP contribution in [0.4, 0.5) is 4.39 Å². The van der Waals surface area contributed by atoms with Crippen LogP contribution in [0.5, 0.6) is 0 Å². The Kier molecular flexibility index (Phi) is 4.81. The van der Waals surface area contributed by atoms with E-state index in [1.54, 1.807) is 23.5 Å². The zero-order valence-corrected chi connectivity index (χ0v) is 15.4. The maximum Gasteiger partial charge on any atom is 0.237 e. The van der Waals surface area contributed by atoms with Crippen molar-refractivity contribution in [2.45, 2.75) is 24.4 Å². The molecule has 4 rings (SSSR count). The first kappa shape index (κ1) is 16.9. The van der Waals surface area contributed by atoms with E-state index in [2.05, 4.69) is 31.8 Å². The van der Waals surface area contributed by atoms with Crippen LogP contribution >= 0.6 is 23.1 Å². The fourth-order valence-electron chi connectivity index (χ4n) is 2.42. The molecule has 3 heterocycles. The molecule has 0 saturated carbocycles.